The van der Waals surface area contributed by atoms with Crippen molar-refractivity contribution in [3.63, 3.8) is 0 Å². The third kappa shape index (κ3) is 2.62. The zero-order valence-corrected chi connectivity index (χ0v) is 10.2. The minimum atomic E-state index is -0.461. The van der Waals surface area contributed by atoms with Crippen molar-refractivity contribution in [2.45, 2.75) is 6.92 Å². The highest BCUT2D eigenvalue weighted by Crippen LogP contribution is 2.27. The van der Waals surface area contributed by atoms with Crippen molar-refractivity contribution in [3.8, 4) is 11.5 Å². The first kappa shape index (κ1) is 12.8. The lowest BCUT2D eigenvalue weighted by Crippen LogP contribution is -2.16. The summed E-state index contributed by atoms with van der Waals surface area (Å²) in [5.41, 5.74) is 6.09. The van der Waals surface area contributed by atoms with Gasteiger partial charge in [0.25, 0.3) is 0 Å². The maximum atomic E-state index is 13.8. The molecule has 0 saturated heterocycles. The second-order valence-electron chi connectivity index (χ2n) is 3.82. The van der Waals surface area contributed by atoms with Crippen LogP contribution in [-0.4, -0.2) is 16.0 Å². The Morgan fingerprint density at radius 2 is 2.05 bits per heavy atom. The van der Waals surface area contributed by atoms with Gasteiger partial charge in [-0.25, -0.2) is 9.37 Å². The number of amidine groups is 1. The summed E-state index contributed by atoms with van der Waals surface area (Å²) >= 11 is 0. The van der Waals surface area contributed by atoms with Crippen LogP contribution in [0, 0.1) is 12.7 Å². The highest BCUT2D eigenvalue weighted by Gasteiger charge is 2.13. The van der Waals surface area contributed by atoms with Gasteiger partial charge in [0, 0.05) is 6.20 Å². The zero-order chi connectivity index (χ0) is 13.8. The molecule has 19 heavy (non-hydrogen) atoms. The van der Waals surface area contributed by atoms with Gasteiger partial charge in [0.2, 0.25) is 0 Å². The highest BCUT2D eigenvalue weighted by atomic mass is 19.1. The van der Waals surface area contributed by atoms with Gasteiger partial charge in [0.05, 0.1) is 0 Å². The molecule has 0 aliphatic heterocycles. The summed E-state index contributed by atoms with van der Waals surface area (Å²) in [5.74, 6) is -0.400. The van der Waals surface area contributed by atoms with E-state index in [1.165, 1.54) is 12.3 Å². The van der Waals surface area contributed by atoms with Crippen LogP contribution in [0.2, 0.25) is 0 Å². The number of hydrogen-bond acceptors (Lipinski definition) is 4. The van der Waals surface area contributed by atoms with E-state index in [-0.39, 0.29) is 23.0 Å². The number of halogens is 1. The summed E-state index contributed by atoms with van der Waals surface area (Å²) in [4.78, 5) is 3.93. The molecule has 0 spiro atoms. The van der Waals surface area contributed by atoms with Gasteiger partial charge in [-0.15, -0.1) is 0 Å². The molecule has 0 fully saturated rings. The fraction of sp³-hybridized carbons (Fsp3) is 0.0769. The van der Waals surface area contributed by atoms with Gasteiger partial charge in [-0.1, -0.05) is 17.3 Å². The molecule has 2 aromatic rings. The van der Waals surface area contributed by atoms with Gasteiger partial charge in [-0.2, -0.15) is 0 Å². The first-order valence-electron chi connectivity index (χ1n) is 5.49. The summed E-state index contributed by atoms with van der Waals surface area (Å²) in [6.45, 7) is 1.63. The molecule has 2 rings (SSSR count). The lowest BCUT2D eigenvalue weighted by molar-refractivity contribution is 0.318. The standard InChI is InChI=1S/C13H12FN3O2/c1-8-4-2-5-9(11(8)14)19-10-6-3-7-16-12(10)13(15)17-18/h2-7,18H,1H3,(H2,15,17). The number of benzene rings is 1. The number of rotatable bonds is 3. The fourth-order valence-electron chi connectivity index (χ4n) is 1.53. The molecule has 0 bridgehead atoms. The molecule has 0 aliphatic rings. The number of ether oxygens (including phenoxy) is 1. The van der Waals surface area contributed by atoms with Gasteiger partial charge in [-0.3, -0.25) is 0 Å². The summed E-state index contributed by atoms with van der Waals surface area (Å²) < 4.78 is 19.3. The van der Waals surface area contributed by atoms with Crippen LogP contribution < -0.4 is 10.5 Å². The van der Waals surface area contributed by atoms with Crippen LogP contribution in [0.5, 0.6) is 11.5 Å². The average molecular weight is 261 g/mol. The molecule has 0 atom stereocenters. The lowest BCUT2D eigenvalue weighted by Gasteiger charge is -2.10. The van der Waals surface area contributed by atoms with E-state index in [2.05, 4.69) is 10.1 Å². The second-order valence-corrected chi connectivity index (χ2v) is 3.82. The zero-order valence-electron chi connectivity index (χ0n) is 10.2. The monoisotopic (exact) mass is 261 g/mol. The molecule has 1 aromatic carbocycles. The van der Waals surface area contributed by atoms with Crippen molar-refractivity contribution in [2.24, 2.45) is 10.9 Å². The largest absolute Gasteiger partial charge is 0.452 e. The first-order valence-corrected chi connectivity index (χ1v) is 5.49. The van der Waals surface area contributed by atoms with Crippen molar-refractivity contribution in [3.05, 3.63) is 53.6 Å². The summed E-state index contributed by atoms with van der Waals surface area (Å²) in [6.07, 6.45) is 1.47. The Kier molecular flexibility index (Phi) is 3.61. The number of aromatic nitrogens is 1. The Morgan fingerprint density at radius 3 is 2.79 bits per heavy atom. The van der Waals surface area contributed by atoms with E-state index < -0.39 is 5.82 Å². The molecule has 0 unspecified atom stereocenters. The van der Waals surface area contributed by atoms with Gasteiger partial charge in [0.1, 0.15) is 0 Å². The minimum absolute atomic E-state index is 0.0555. The third-order valence-electron chi connectivity index (χ3n) is 2.50. The maximum absolute atomic E-state index is 13.8. The van der Waals surface area contributed by atoms with E-state index in [1.54, 1.807) is 31.2 Å². The normalized spacial score (nSPS) is 11.4. The SMILES string of the molecule is Cc1cccc(Oc2cccnc2/C(N)=N/O)c1F. The second kappa shape index (κ2) is 5.34. The third-order valence-corrected chi connectivity index (χ3v) is 2.50. The molecule has 1 heterocycles. The number of nitrogens with two attached hydrogens (primary N) is 1. The summed E-state index contributed by atoms with van der Waals surface area (Å²) in [5, 5.41) is 11.5. The molecule has 0 saturated carbocycles. The van der Waals surface area contributed by atoms with Crippen LogP contribution in [0.15, 0.2) is 41.7 Å². The van der Waals surface area contributed by atoms with Crippen LogP contribution in [-0.2, 0) is 0 Å². The molecule has 0 aliphatic carbocycles. The molecular formula is C13H12FN3O2. The van der Waals surface area contributed by atoms with E-state index in [0.29, 0.717) is 5.56 Å². The molecule has 0 amide bonds. The highest BCUT2D eigenvalue weighted by molar-refractivity contribution is 5.97. The Bertz CT molecular complexity index is 629. The van der Waals surface area contributed by atoms with Crippen molar-refractivity contribution in [1.82, 2.24) is 4.98 Å². The van der Waals surface area contributed by atoms with Crippen LogP contribution in [0.4, 0.5) is 4.39 Å². The van der Waals surface area contributed by atoms with E-state index >= 15 is 0 Å². The fourth-order valence-corrected chi connectivity index (χ4v) is 1.53. The Hall–Kier alpha value is -2.63. The van der Waals surface area contributed by atoms with E-state index in [4.69, 9.17) is 15.7 Å². The average Bonchev–Trinajstić information content (AvgIpc) is 2.43. The van der Waals surface area contributed by atoms with Gasteiger partial charge in [0.15, 0.2) is 28.8 Å². The van der Waals surface area contributed by atoms with Crippen LogP contribution >= 0.6 is 0 Å². The molecule has 3 N–H and O–H groups in total. The molecule has 98 valence electrons. The number of pyridine rings is 1. The molecule has 5 nitrogen and oxygen atoms in total. The maximum Gasteiger partial charge on any atom is 0.192 e. The molecule has 0 radical (unpaired) electrons. The molecular weight excluding hydrogens is 249 g/mol. The summed E-state index contributed by atoms with van der Waals surface area (Å²) in [7, 11) is 0. The van der Waals surface area contributed by atoms with E-state index in [9.17, 15) is 4.39 Å². The van der Waals surface area contributed by atoms with Crippen molar-refractivity contribution >= 4 is 5.84 Å². The summed E-state index contributed by atoms with van der Waals surface area (Å²) in [6, 6.07) is 7.97. The topological polar surface area (TPSA) is 80.7 Å². The van der Waals surface area contributed by atoms with Crippen molar-refractivity contribution in [1.29, 1.82) is 0 Å². The first-order chi connectivity index (χ1) is 9.13. The number of oxime groups is 1. The predicted octanol–water partition coefficient (Wildman–Crippen LogP) is 2.42. The van der Waals surface area contributed by atoms with Gasteiger partial charge >= 0.3 is 0 Å². The Morgan fingerprint density at radius 1 is 1.32 bits per heavy atom. The molecule has 6 heteroatoms. The lowest BCUT2D eigenvalue weighted by atomic mass is 10.2. The number of hydrogen-bond donors (Lipinski definition) is 2. The number of nitrogens with zero attached hydrogens (tertiary/aromatic N) is 2. The van der Waals surface area contributed by atoms with Crippen LogP contribution in [0.3, 0.4) is 0 Å². The molecule has 1 aromatic heterocycles. The van der Waals surface area contributed by atoms with Gasteiger partial charge in [-0.05, 0) is 30.7 Å². The van der Waals surface area contributed by atoms with Crippen molar-refractivity contribution in [2.75, 3.05) is 0 Å². The van der Waals surface area contributed by atoms with Crippen molar-refractivity contribution < 1.29 is 14.3 Å². The van der Waals surface area contributed by atoms with E-state index in [1.807, 2.05) is 0 Å². The minimum Gasteiger partial charge on any atom is -0.452 e. The van der Waals surface area contributed by atoms with Crippen LogP contribution in [0.1, 0.15) is 11.3 Å². The number of aryl methyl sites for hydroxylation is 1. The predicted molar refractivity (Wildman–Crippen MR) is 68.0 cm³/mol. The van der Waals surface area contributed by atoms with Crippen LogP contribution in [0.25, 0.3) is 0 Å². The van der Waals surface area contributed by atoms with Gasteiger partial charge < -0.3 is 15.7 Å². The Balaban J connectivity index is 2.42. The smallest absolute Gasteiger partial charge is 0.192 e. The Labute approximate surface area is 109 Å². The quantitative estimate of drug-likeness (QED) is 0.385. The van der Waals surface area contributed by atoms with E-state index in [0.717, 1.165) is 0 Å².